The summed E-state index contributed by atoms with van der Waals surface area (Å²) in [5.74, 6) is -0.757. The molecular weight excluding hydrogens is 272 g/mol. The predicted octanol–water partition coefficient (Wildman–Crippen LogP) is 2.09. The Labute approximate surface area is 123 Å². The lowest BCUT2D eigenvalue weighted by Crippen LogP contribution is -2.51. The lowest BCUT2D eigenvalue weighted by molar-refractivity contribution is -0.143. The number of carbonyl (C=O) groups is 2. The largest absolute Gasteiger partial charge is 0.479 e. The Morgan fingerprint density at radius 1 is 1.52 bits per heavy atom. The molecule has 1 aliphatic heterocycles. The van der Waals surface area contributed by atoms with E-state index in [-0.39, 0.29) is 0 Å². The number of carbonyl (C=O) groups excluding carboxylic acids is 1. The average Bonchev–Trinajstić information content (AvgIpc) is 2.92. The van der Waals surface area contributed by atoms with Gasteiger partial charge in [0, 0.05) is 12.7 Å². The summed E-state index contributed by atoms with van der Waals surface area (Å²) >= 11 is 0. The van der Waals surface area contributed by atoms with E-state index in [1.54, 1.807) is 12.1 Å². The van der Waals surface area contributed by atoms with Crippen molar-refractivity contribution < 1.29 is 19.4 Å². The molecule has 1 N–H and O–H groups in total. The third kappa shape index (κ3) is 2.70. The molecule has 1 aromatic heterocycles. The van der Waals surface area contributed by atoms with Crippen molar-refractivity contribution in [2.24, 2.45) is 0 Å². The third-order valence-electron chi connectivity index (χ3n) is 3.99. The van der Waals surface area contributed by atoms with Gasteiger partial charge >= 0.3 is 11.9 Å². The van der Waals surface area contributed by atoms with Gasteiger partial charge in [-0.25, -0.2) is 14.6 Å². The minimum Gasteiger partial charge on any atom is -0.479 e. The molecule has 6 heteroatoms. The minimum absolute atomic E-state index is 0.380. The number of methoxy groups -OCH3 is 1. The number of esters is 1. The van der Waals surface area contributed by atoms with Crippen LogP contribution in [0, 0.1) is 0 Å². The first-order valence-corrected chi connectivity index (χ1v) is 7.10. The molecule has 0 saturated carbocycles. The predicted molar refractivity (Wildman–Crippen MR) is 77.4 cm³/mol. The van der Waals surface area contributed by atoms with Gasteiger partial charge in [-0.3, -0.25) is 0 Å². The van der Waals surface area contributed by atoms with Crippen molar-refractivity contribution in [2.45, 2.75) is 38.1 Å². The van der Waals surface area contributed by atoms with Gasteiger partial charge in [-0.1, -0.05) is 13.3 Å². The van der Waals surface area contributed by atoms with Crippen molar-refractivity contribution in [3.05, 3.63) is 23.9 Å². The number of anilines is 1. The number of hydrogen-bond donors (Lipinski definition) is 1. The molecule has 1 saturated heterocycles. The second-order valence-corrected chi connectivity index (χ2v) is 5.24. The quantitative estimate of drug-likeness (QED) is 0.837. The summed E-state index contributed by atoms with van der Waals surface area (Å²) in [6.07, 6.45) is 4.25. The van der Waals surface area contributed by atoms with Crippen molar-refractivity contribution in [3.8, 4) is 0 Å². The highest BCUT2D eigenvalue weighted by atomic mass is 16.5. The lowest BCUT2D eigenvalue weighted by Gasteiger charge is -2.35. The van der Waals surface area contributed by atoms with E-state index in [2.05, 4.69) is 4.98 Å². The summed E-state index contributed by atoms with van der Waals surface area (Å²) in [4.78, 5) is 29.5. The summed E-state index contributed by atoms with van der Waals surface area (Å²) in [5, 5.41) is 9.69. The van der Waals surface area contributed by atoms with E-state index in [0.717, 1.165) is 12.8 Å². The van der Waals surface area contributed by atoms with E-state index < -0.39 is 17.5 Å². The Balaban J connectivity index is 2.39. The van der Waals surface area contributed by atoms with Crippen LogP contribution in [-0.2, 0) is 9.53 Å². The van der Waals surface area contributed by atoms with Crippen LogP contribution >= 0.6 is 0 Å². The van der Waals surface area contributed by atoms with Crippen LogP contribution in [0.1, 0.15) is 43.0 Å². The van der Waals surface area contributed by atoms with Gasteiger partial charge in [0.05, 0.1) is 12.7 Å². The normalized spacial score (nSPS) is 21.3. The fourth-order valence-corrected chi connectivity index (χ4v) is 3.03. The smallest absolute Gasteiger partial charge is 0.338 e. The minimum atomic E-state index is -0.920. The summed E-state index contributed by atoms with van der Waals surface area (Å²) in [6, 6.07) is 3.16. The van der Waals surface area contributed by atoms with E-state index in [1.807, 2.05) is 11.8 Å². The second-order valence-electron chi connectivity index (χ2n) is 5.24. The number of ether oxygens (including phenoxy) is 1. The van der Waals surface area contributed by atoms with Gasteiger partial charge in [-0.05, 0) is 31.4 Å². The van der Waals surface area contributed by atoms with Gasteiger partial charge in [0.25, 0.3) is 0 Å². The highest BCUT2D eigenvalue weighted by Gasteiger charge is 2.47. The Morgan fingerprint density at radius 2 is 2.29 bits per heavy atom. The van der Waals surface area contributed by atoms with Gasteiger partial charge < -0.3 is 14.7 Å². The van der Waals surface area contributed by atoms with Crippen LogP contribution in [0.3, 0.4) is 0 Å². The van der Waals surface area contributed by atoms with Crippen LogP contribution in [0.2, 0.25) is 0 Å². The molecule has 0 aliphatic carbocycles. The number of nitrogens with zero attached hydrogens (tertiary/aromatic N) is 2. The molecule has 1 atom stereocenters. The lowest BCUT2D eigenvalue weighted by atomic mass is 9.90. The SMILES string of the molecule is CCCC1(C(=O)O)CCCN1c1cc(C(=O)OC)ccn1. The fourth-order valence-electron chi connectivity index (χ4n) is 3.03. The van der Waals surface area contributed by atoms with Crippen molar-refractivity contribution in [1.82, 2.24) is 4.98 Å². The van der Waals surface area contributed by atoms with E-state index in [4.69, 9.17) is 4.74 Å². The standard InChI is InChI=1S/C15H20N2O4/c1-3-6-15(14(19)20)7-4-9-17(15)12-10-11(5-8-16-12)13(18)21-2/h5,8,10H,3-4,6-7,9H2,1-2H3,(H,19,20). The average molecular weight is 292 g/mol. The third-order valence-corrected chi connectivity index (χ3v) is 3.99. The van der Waals surface area contributed by atoms with Gasteiger partial charge in [0.2, 0.25) is 0 Å². The second kappa shape index (κ2) is 6.11. The summed E-state index contributed by atoms with van der Waals surface area (Å²) < 4.78 is 4.70. The van der Waals surface area contributed by atoms with Crippen molar-refractivity contribution in [2.75, 3.05) is 18.6 Å². The Bertz CT molecular complexity index is 546. The Morgan fingerprint density at radius 3 is 2.90 bits per heavy atom. The van der Waals surface area contributed by atoms with Crippen molar-refractivity contribution in [3.63, 3.8) is 0 Å². The maximum absolute atomic E-state index is 11.8. The van der Waals surface area contributed by atoms with Crippen LogP contribution in [0.5, 0.6) is 0 Å². The number of pyridine rings is 1. The topological polar surface area (TPSA) is 79.7 Å². The molecule has 1 unspecified atom stereocenters. The molecule has 0 bridgehead atoms. The molecule has 1 aromatic rings. The molecular formula is C15H20N2O4. The summed E-state index contributed by atoms with van der Waals surface area (Å²) in [6.45, 7) is 2.60. The molecule has 2 rings (SSSR count). The fraction of sp³-hybridized carbons (Fsp3) is 0.533. The van der Waals surface area contributed by atoms with Crippen LogP contribution in [0.4, 0.5) is 5.82 Å². The maximum atomic E-state index is 11.8. The number of aromatic nitrogens is 1. The van der Waals surface area contributed by atoms with Crippen LogP contribution < -0.4 is 4.90 Å². The zero-order valence-corrected chi connectivity index (χ0v) is 12.3. The number of carboxylic acids is 1. The molecule has 2 heterocycles. The molecule has 1 aliphatic rings. The molecule has 0 aromatic carbocycles. The van der Waals surface area contributed by atoms with Crippen LogP contribution in [0.25, 0.3) is 0 Å². The first-order valence-electron chi connectivity index (χ1n) is 7.10. The van der Waals surface area contributed by atoms with Gasteiger partial charge in [0.1, 0.15) is 11.4 Å². The van der Waals surface area contributed by atoms with Crippen molar-refractivity contribution in [1.29, 1.82) is 0 Å². The van der Waals surface area contributed by atoms with E-state index in [0.29, 0.717) is 30.8 Å². The molecule has 21 heavy (non-hydrogen) atoms. The van der Waals surface area contributed by atoms with Crippen molar-refractivity contribution >= 4 is 17.8 Å². The van der Waals surface area contributed by atoms with Gasteiger partial charge in [0.15, 0.2) is 0 Å². The molecule has 1 fully saturated rings. The van der Waals surface area contributed by atoms with Gasteiger partial charge in [-0.2, -0.15) is 0 Å². The summed E-state index contributed by atoms with van der Waals surface area (Å²) in [7, 11) is 1.32. The Kier molecular flexibility index (Phi) is 4.45. The molecule has 0 amide bonds. The zero-order chi connectivity index (χ0) is 15.5. The monoisotopic (exact) mass is 292 g/mol. The molecule has 6 nitrogen and oxygen atoms in total. The van der Waals surface area contributed by atoms with E-state index in [1.165, 1.54) is 13.3 Å². The molecule has 0 radical (unpaired) electrons. The van der Waals surface area contributed by atoms with Gasteiger partial charge in [-0.15, -0.1) is 0 Å². The highest BCUT2D eigenvalue weighted by molar-refractivity contribution is 5.90. The number of rotatable bonds is 5. The summed E-state index contributed by atoms with van der Waals surface area (Å²) in [5.41, 5.74) is -0.540. The van der Waals surface area contributed by atoms with E-state index >= 15 is 0 Å². The van der Waals surface area contributed by atoms with Crippen LogP contribution in [-0.4, -0.2) is 41.2 Å². The number of aliphatic carboxylic acids is 1. The van der Waals surface area contributed by atoms with Crippen LogP contribution in [0.15, 0.2) is 18.3 Å². The first kappa shape index (κ1) is 15.3. The molecule has 0 spiro atoms. The maximum Gasteiger partial charge on any atom is 0.338 e. The number of hydrogen-bond acceptors (Lipinski definition) is 5. The number of carboxylic acid groups (broad SMARTS) is 1. The van der Waals surface area contributed by atoms with E-state index in [9.17, 15) is 14.7 Å². The highest BCUT2D eigenvalue weighted by Crippen LogP contribution is 2.37. The zero-order valence-electron chi connectivity index (χ0n) is 12.3. The first-order chi connectivity index (χ1) is 10.0. The molecule has 114 valence electrons. The Hall–Kier alpha value is -2.11.